The summed E-state index contributed by atoms with van der Waals surface area (Å²) in [6, 6.07) is 5.80. The summed E-state index contributed by atoms with van der Waals surface area (Å²) in [7, 11) is 0. The van der Waals surface area contributed by atoms with Gasteiger partial charge in [-0.25, -0.2) is 0 Å². The van der Waals surface area contributed by atoms with E-state index in [0.717, 1.165) is 29.8 Å². The molecule has 0 fully saturated rings. The van der Waals surface area contributed by atoms with Crippen LogP contribution in [-0.2, 0) is 0 Å². The first-order chi connectivity index (χ1) is 8.54. The average molecular weight is 249 g/mol. The van der Waals surface area contributed by atoms with Gasteiger partial charge in [-0.1, -0.05) is 6.92 Å². The van der Waals surface area contributed by atoms with Gasteiger partial charge < -0.3 is 10.3 Å². The quantitative estimate of drug-likeness (QED) is 0.623. The Labute approximate surface area is 109 Å². The number of carbonyl (C=O) groups excluding carboxylic acids is 1. The summed E-state index contributed by atoms with van der Waals surface area (Å²) < 4.78 is 0. The Hall–Kier alpha value is -1.55. The van der Waals surface area contributed by atoms with Gasteiger partial charge in [0.25, 0.3) is 5.91 Å². The van der Waals surface area contributed by atoms with Crippen LogP contribution in [0.15, 0.2) is 18.2 Å². The van der Waals surface area contributed by atoms with Crippen molar-refractivity contribution in [2.24, 2.45) is 5.84 Å². The van der Waals surface area contributed by atoms with E-state index in [2.05, 4.69) is 19.3 Å². The van der Waals surface area contributed by atoms with E-state index in [1.54, 1.807) is 0 Å². The van der Waals surface area contributed by atoms with Crippen LogP contribution in [-0.4, -0.2) is 23.4 Å². The lowest BCUT2D eigenvalue weighted by molar-refractivity contribution is 0.0699. The maximum atomic E-state index is 12.5. The largest absolute Gasteiger partial charge is 0.336 e. The molecule has 3 N–H and O–H groups in total. The van der Waals surface area contributed by atoms with Crippen LogP contribution in [0.1, 0.15) is 43.1 Å². The smallest absolute Gasteiger partial charge is 0.254 e. The highest BCUT2D eigenvalue weighted by molar-refractivity contribution is 5.96. The van der Waals surface area contributed by atoms with Crippen molar-refractivity contribution in [1.29, 1.82) is 0 Å². The van der Waals surface area contributed by atoms with Gasteiger partial charge in [0.1, 0.15) is 0 Å². The van der Waals surface area contributed by atoms with Crippen molar-refractivity contribution in [2.75, 3.05) is 12.0 Å². The SMILES string of the molecule is CCC(C)N(CC)C(=O)c1ccc(NN)cc1C. The highest BCUT2D eigenvalue weighted by atomic mass is 16.2. The third kappa shape index (κ3) is 3.01. The first-order valence-electron chi connectivity index (χ1n) is 6.43. The van der Waals surface area contributed by atoms with Gasteiger partial charge in [-0.15, -0.1) is 0 Å². The molecular formula is C14H23N3O. The molecule has 0 radical (unpaired) electrons. The van der Waals surface area contributed by atoms with E-state index >= 15 is 0 Å². The van der Waals surface area contributed by atoms with Gasteiger partial charge >= 0.3 is 0 Å². The van der Waals surface area contributed by atoms with Gasteiger partial charge in [0.15, 0.2) is 0 Å². The summed E-state index contributed by atoms with van der Waals surface area (Å²) in [6.45, 7) is 8.83. The molecule has 1 aromatic carbocycles. The number of anilines is 1. The van der Waals surface area contributed by atoms with Crippen LogP contribution in [0, 0.1) is 6.92 Å². The normalized spacial score (nSPS) is 12.1. The number of carbonyl (C=O) groups is 1. The van der Waals surface area contributed by atoms with E-state index in [1.807, 2.05) is 36.9 Å². The molecule has 0 aliphatic heterocycles. The first kappa shape index (κ1) is 14.5. The fourth-order valence-corrected chi connectivity index (χ4v) is 2.02. The molecule has 0 aliphatic carbocycles. The zero-order valence-corrected chi connectivity index (χ0v) is 11.7. The Morgan fingerprint density at radius 2 is 2.11 bits per heavy atom. The highest BCUT2D eigenvalue weighted by Gasteiger charge is 2.20. The number of nitrogens with two attached hydrogens (primary N) is 1. The molecule has 1 aromatic rings. The Kier molecular flexibility index (Phi) is 5.16. The fourth-order valence-electron chi connectivity index (χ4n) is 2.02. The number of benzene rings is 1. The number of rotatable bonds is 5. The van der Waals surface area contributed by atoms with Crippen molar-refractivity contribution in [2.45, 2.75) is 40.2 Å². The van der Waals surface area contributed by atoms with Crippen molar-refractivity contribution < 1.29 is 4.79 Å². The second kappa shape index (κ2) is 6.40. The number of nitrogens with one attached hydrogen (secondary N) is 1. The summed E-state index contributed by atoms with van der Waals surface area (Å²) in [4.78, 5) is 14.4. The van der Waals surface area contributed by atoms with Crippen LogP contribution in [0.25, 0.3) is 0 Å². The van der Waals surface area contributed by atoms with Gasteiger partial charge in [-0.2, -0.15) is 0 Å². The zero-order valence-electron chi connectivity index (χ0n) is 11.7. The van der Waals surface area contributed by atoms with Crippen molar-refractivity contribution in [3.63, 3.8) is 0 Å². The molecule has 0 aliphatic rings. The van der Waals surface area contributed by atoms with E-state index in [4.69, 9.17) is 5.84 Å². The average Bonchev–Trinajstić information content (AvgIpc) is 2.38. The predicted octanol–water partition coefficient (Wildman–Crippen LogP) is 2.54. The second-order valence-electron chi connectivity index (χ2n) is 4.52. The number of hydrogen-bond acceptors (Lipinski definition) is 3. The first-order valence-corrected chi connectivity index (χ1v) is 6.43. The minimum Gasteiger partial charge on any atom is -0.336 e. The van der Waals surface area contributed by atoms with E-state index in [1.165, 1.54) is 0 Å². The predicted molar refractivity (Wildman–Crippen MR) is 75.5 cm³/mol. The molecule has 0 heterocycles. The molecule has 0 spiro atoms. The lowest BCUT2D eigenvalue weighted by atomic mass is 10.1. The molecule has 18 heavy (non-hydrogen) atoms. The van der Waals surface area contributed by atoms with Gasteiger partial charge in [-0.05, 0) is 51.0 Å². The van der Waals surface area contributed by atoms with Crippen LogP contribution in [0.4, 0.5) is 5.69 Å². The van der Waals surface area contributed by atoms with Crippen molar-refractivity contribution in [3.05, 3.63) is 29.3 Å². The maximum Gasteiger partial charge on any atom is 0.254 e. The molecule has 0 bridgehead atoms. The van der Waals surface area contributed by atoms with Gasteiger partial charge in [0.05, 0.1) is 0 Å². The number of nitrogens with zero attached hydrogens (tertiary/aromatic N) is 1. The Balaban J connectivity index is 3.02. The lowest BCUT2D eigenvalue weighted by Gasteiger charge is -2.28. The molecule has 4 nitrogen and oxygen atoms in total. The van der Waals surface area contributed by atoms with E-state index in [-0.39, 0.29) is 11.9 Å². The highest BCUT2D eigenvalue weighted by Crippen LogP contribution is 2.18. The molecule has 1 atom stereocenters. The van der Waals surface area contributed by atoms with Crippen LogP contribution >= 0.6 is 0 Å². The van der Waals surface area contributed by atoms with E-state index in [0.29, 0.717) is 0 Å². The third-order valence-corrected chi connectivity index (χ3v) is 3.35. The number of hydrogen-bond donors (Lipinski definition) is 2. The van der Waals surface area contributed by atoms with E-state index < -0.39 is 0 Å². The minimum absolute atomic E-state index is 0.0907. The lowest BCUT2D eigenvalue weighted by Crippen LogP contribution is -2.38. The van der Waals surface area contributed by atoms with Crippen molar-refractivity contribution in [3.8, 4) is 0 Å². The standard InChI is InChI=1S/C14H23N3O/c1-5-11(4)17(6-2)14(18)13-8-7-12(16-15)9-10(13)3/h7-9,11,16H,5-6,15H2,1-4H3. The van der Waals surface area contributed by atoms with Crippen molar-refractivity contribution >= 4 is 11.6 Å². The molecular weight excluding hydrogens is 226 g/mol. The minimum atomic E-state index is 0.0907. The molecule has 0 saturated heterocycles. The third-order valence-electron chi connectivity index (χ3n) is 3.35. The van der Waals surface area contributed by atoms with Crippen LogP contribution in [0.2, 0.25) is 0 Å². The summed E-state index contributed by atoms with van der Waals surface area (Å²) in [5.41, 5.74) is 5.09. The molecule has 0 saturated carbocycles. The summed E-state index contributed by atoms with van der Waals surface area (Å²) >= 11 is 0. The van der Waals surface area contributed by atoms with Crippen molar-refractivity contribution in [1.82, 2.24) is 4.90 Å². The summed E-state index contributed by atoms with van der Waals surface area (Å²) in [6.07, 6.45) is 0.959. The van der Waals surface area contributed by atoms with Crippen LogP contribution < -0.4 is 11.3 Å². The molecule has 4 heteroatoms. The molecule has 0 aromatic heterocycles. The van der Waals surface area contributed by atoms with Gasteiger partial charge in [-0.3, -0.25) is 10.6 Å². The topological polar surface area (TPSA) is 58.4 Å². The van der Waals surface area contributed by atoms with Crippen LogP contribution in [0.3, 0.4) is 0 Å². The molecule has 1 rings (SSSR count). The van der Waals surface area contributed by atoms with Crippen LogP contribution in [0.5, 0.6) is 0 Å². The number of nitrogen functional groups attached to an aromatic ring is 1. The van der Waals surface area contributed by atoms with E-state index in [9.17, 15) is 4.79 Å². The fraction of sp³-hybridized carbons (Fsp3) is 0.500. The number of amides is 1. The molecule has 100 valence electrons. The Morgan fingerprint density at radius 3 is 2.56 bits per heavy atom. The summed E-state index contributed by atoms with van der Waals surface area (Å²) in [5.74, 6) is 5.45. The zero-order chi connectivity index (χ0) is 13.7. The van der Waals surface area contributed by atoms with Gasteiger partial charge in [0.2, 0.25) is 0 Å². The Bertz CT molecular complexity index is 418. The van der Waals surface area contributed by atoms with Gasteiger partial charge in [0, 0.05) is 23.8 Å². The number of aryl methyl sites for hydroxylation is 1. The monoisotopic (exact) mass is 249 g/mol. The second-order valence-corrected chi connectivity index (χ2v) is 4.52. The number of hydrazine groups is 1. The molecule has 1 amide bonds. The summed E-state index contributed by atoms with van der Waals surface area (Å²) in [5, 5.41) is 0. The Morgan fingerprint density at radius 1 is 1.44 bits per heavy atom. The maximum absolute atomic E-state index is 12.5. The molecule has 1 unspecified atom stereocenters.